The van der Waals surface area contributed by atoms with Gasteiger partial charge in [0, 0.05) is 0 Å². The summed E-state index contributed by atoms with van der Waals surface area (Å²) in [6, 6.07) is 8.72. The molecule has 1 fully saturated rings. The monoisotopic (exact) mass is 358 g/mol. The Labute approximate surface area is 160 Å². The second-order valence-corrected chi connectivity index (χ2v) is 7.94. The van der Waals surface area contributed by atoms with Crippen LogP contribution in [0.15, 0.2) is 24.3 Å². The predicted molar refractivity (Wildman–Crippen MR) is 110 cm³/mol. The van der Waals surface area contributed by atoms with Crippen molar-refractivity contribution in [2.75, 3.05) is 0 Å². The fourth-order valence-corrected chi connectivity index (χ4v) is 3.93. The normalized spacial score (nSPS) is 20.2. The van der Waals surface area contributed by atoms with E-state index in [9.17, 15) is 4.79 Å². The predicted octanol–water partition coefficient (Wildman–Crippen LogP) is 6.96. The van der Waals surface area contributed by atoms with Crippen LogP contribution in [0.2, 0.25) is 0 Å². The third-order valence-corrected chi connectivity index (χ3v) is 5.68. The maximum Gasteiger partial charge on any atom is 0.313 e. The number of carbonyl (C=O) groups is 1. The Morgan fingerprint density at radius 1 is 0.846 bits per heavy atom. The molecule has 0 spiro atoms. The third-order valence-electron chi connectivity index (χ3n) is 5.68. The second-order valence-electron chi connectivity index (χ2n) is 7.94. The molecule has 26 heavy (non-hydrogen) atoms. The summed E-state index contributed by atoms with van der Waals surface area (Å²) < 4.78 is 5.70. The Morgan fingerprint density at radius 3 is 2.19 bits per heavy atom. The standard InChI is InChI=1S/C24H38O2/c1-3-5-7-8-9-11-12-20-14-16-21(17-15-20)23-19-18-22(26-24(23)25)13-10-6-4-2/h14-17,22-23H,3-13,18-19H2,1-2H3. The zero-order valence-electron chi connectivity index (χ0n) is 17.0. The number of esters is 1. The molecule has 1 aliphatic rings. The molecule has 1 aromatic carbocycles. The zero-order chi connectivity index (χ0) is 18.6. The summed E-state index contributed by atoms with van der Waals surface area (Å²) in [5.41, 5.74) is 2.53. The Bertz CT molecular complexity index is 505. The van der Waals surface area contributed by atoms with Crippen molar-refractivity contribution in [2.45, 2.75) is 109 Å². The molecule has 0 radical (unpaired) electrons. The van der Waals surface area contributed by atoms with Crippen LogP contribution >= 0.6 is 0 Å². The highest BCUT2D eigenvalue weighted by Gasteiger charge is 2.30. The van der Waals surface area contributed by atoms with Crippen LogP contribution in [0.4, 0.5) is 0 Å². The molecule has 2 unspecified atom stereocenters. The van der Waals surface area contributed by atoms with Crippen molar-refractivity contribution in [3.05, 3.63) is 35.4 Å². The average molecular weight is 359 g/mol. The van der Waals surface area contributed by atoms with Gasteiger partial charge in [-0.15, -0.1) is 0 Å². The molecule has 0 aromatic heterocycles. The van der Waals surface area contributed by atoms with Crippen LogP contribution in [0.25, 0.3) is 0 Å². The lowest BCUT2D eigenvalue weighted by molar-refractivity contribution is -0.156. The molecule has 0 N–H and O–H groups in total. The quantitative estimate of drug-likeness (QED) is 0.298. The van der Waals surface area contributed by atoms with E-state index in [1.807, 2.05) is 0 Å². The summed E-state index contributed by atoms with van der Waals surface area (Å²) in [7, 11) is 0. The van der Waals surface area contributed by atoms with Gasteiger partial charge in [0.15, 0.2) is 0 Å². The van der Waals surface area contributed by atoms with Crippen molar-refractivity contribution in [2.24, 2.45) is 0 Å². The van der Waals surface area contributed by atoms with Crippen LogP contribution in [0, 0.1) is 0 Å². The summed E-state index contributed by atoms with van der Waals surface area (Å²) in [6.07, 6.45) is 15.9. The molecule has 2 heteroatoms. The van der Waals surface area contributed by atoms with Crippen molar-refractivity contribution in [1.82, 2.24) is 0 Å². The molecule has 2 rings (SSSR count). The summed E-state index contributed by atoms with van der Waals surface area (Å²) in [5.74, 6) is -0.0676. The zero-order valence-corrected chi connectivity index (χ0v) is 17.0. The van der Waals surface area contributed by atoms with Crippen molar-refractivity contribution in [3.8, 4) is 0 Å². The highest BCUT2D eigenvalue weighted by molar-refractivity contribution is 5.79. The molecule has 1 aliphatic heterocycles. The number of cyclic esters (lactones) is 1. The van der Waals surface area contributed by atoms with Gasteiger partial charge in [-0.25, -0.2) is 0 Å². The van der Waals surface area contributed by atoms with Gasteiger partial charge in [-0.3, -0.25) is 4.79 Å². The Morgan fingerprint density at radius 2 is 1.50 bits per heavy atom. The number of ether oxygens (including phenoxy) is 1. The van der Waals surface area contributed by atoms with Gasteiger partial charge in [-0.1, -0.05) is 83.1 Å². The van der Waals surface area contributed by atoms with E-state index in [0.29, 0.717) is 0 Å². The lowest BCUT2D eigenvalue weighted by Crippen LogP contribution is -2.29. The van der Waals surface area contributed by atoms with Gasteiger partial charge in [0.25, 0.3) is 0 Å². The minimum absolute atomic E-state index is 0.0126. The minimum atomic E-state index is -0.0551. The highest BCUT2D eigenvalue weighted by atomic mass is 16.5. The van der Waals surface area contributed by atoms with E-state index in [-0.39, 0.29) is 18.0 Å². The lowest BCUT2D eigenvalue weighted by atomic mass is 9.88. The number of carbonyl (C=O) groups excluding carboxylic acids is 1. The van der Waals surface area contributed by atoms with Crippen molar-refractivity contribution in [1.29, 1.82) is 0 Å². The van der Waals surface area contributed by atoms with E-state index in [4.69, 9.17) is 4.74 Å². The van der Waals surface area contributed by atoms with Crippen LogP contribution in [0.1, 0.15) is 108 Å². The first-order valence-corrected chi connectivity index (χ1v) is 11.0. The molecule has 2 atom stereocenters. The first-order valence-electron chi connectivity index (χ1n) is 11.0. The molecule has 0 aliphatic carbocycles. The number of hydrogen-bond acceptors (Lipinski definition) is 2. The second kappa shape index (κ2) is 12.1. The summed E-state index contributed by atoms with van der Waals surface area (Å²) >= 11 is 0. The molecular formula is C24H38O2. The van der Waals surface area contributed by atoms with Gasteiger partial charge in [0.2, 0.25) is 0 Å². The summed E-state index contributed by atoms with van der Waals surface area (Å²) in [6.45, 7) is 4.47. The van der Waals surface area contributed by atoms with E-state index in [2.05, 4.69) is 38.1 Å². The van der Waals surface area contributed by atoms with Crippen LogP contribution < -0.4 is 0 Å². The highest BCUT2D eigenvalue weighted by Crippen LogP contribution is 2.31. The minimum Gasteiger partial charge on any atom is -0.462 e. The number of hydrogen-bond donors (Lipinski definition) is 0. The van der Waals surface area contributed by atoms with Gasteiger partial charge in [0.1, 0.15) is 6.10 Å². The summed E-state index contributed by atoms with van der Waals surface area (Å²) in [5, 5.41) is 0. The van der Waals surface area contributed by atoms with Gasteiger partial charge >= 0.3 is 5.97 Å². The van der Waals surface area contributed by atoms with E-state index < -0.39 is 0 Å². The number of unbranched alkanes of at least 4 members (excludes halogenated alkanes) is 7. The van der Waals surface area contributed by atoms with E-state index in [1.54, 1.807) is 0 Å². The lowest BCUT2D eigenvalue weighted by Gasteiger charge is -2.28. The van der Waals surface area contributed by atoms with Crippen molar-refractivity contribution in [3.63, 3.8) is 0 Å². The molecule has 1 heterocycles. The fourth-order valence-electron chi connectivity index (χ4n) is 3.93. The maximum absolute atomic E-state index is 12.4. The molecular weight excluding hydrogens is 320 g/mol. The van der Waals surface area contributed by atoms with Gasteiger partial charge in [-0.05, 0) is 49.7 Å². The van der Waals surface area contributed by atoms with Gasteiger partial charge in [-0.2, -0.15) is 0 Å². The molecule has 1 aromatic rings. The van der Waals surface area contributed by atoms with E-state index in [0.717, 1.165) is 31.2 Å². The van der Waals surface area contributed by atoms with Crippen LogP contribution in [-0.4, -0.2) is 12.1 Å². The average Bonchev–Trinajstić information content (AvgIpc) is 2.66. The van der Waals surface area contributed by atoms with Crippen molar-refractivity contribution >= 4 is 5.97 Å². The van der Waals surface area contributed by atoms with Gasteiger partial charge in [0.05, 0.1) is 5.92 Å². The first kappa shape index (κ1) is 21.0. The smallest absolute Gasteiger partial charge is 0.313 e. The SMILES string of the molecule is CCCCCCCCc1ccc(C2CCC(CCCCC)OC2=O)cc1. The molecule has 1 saturated heterocycles. The third kappa shape index (κ3) is 7.13. The molecule has 0 amide bonds. The van der Waals surface area contributed by atoms with E-state index in [1.165, 1.54) is 63.4 Å². The van der Waals surface area contributed by atoms with Gasteiger partial charge < -0.3 is 4.74 Å². The molecule has 0 saturated carbocycles. The van der Waals surface area contributed by atoms with Crippen molar-refractivity contribution < 1.29 is 9.53 Å². The van der Waals surface area contributed by atoms with Crippen LogP contribution in [0.3, 0.4) is 0 Å². The Hall–Kier alpha value is -1.31. The number of aryl methyl sites for hydroxylation is 1. The van der Waals surface area contributed by atoms with E-state index >= 15 is 0 Å². The Kier molecular flexibility index (Phi) is 9.81. The molecule has 2 nitrogen and oxygen atoms in total. The van der Waals surface area contributed by atoms with Crippen LogP contribution in [-0.2, 0) is 16.0 Å². The first-order chi connectivity index (χ1) is 12.7. The topological polar surface area (TPSA) is 26.3 Å². The molecule has 146 valence electrons. The van der Waals surface area contributed by atoms with Crippen LogP contribution in [0.5, 0.6) is 0 Å². The Balaban J connectivity index is 1.73. The number of benzene rings is 1. The maximum atomic E-state index is 12.4. The largest absolute Gasteiger partial charge is 0.462 e. The number of rotatable bonds is 12. The fraction of sp³-hybridized carbons (Fsp3) is 0.708. The summed E-state index contributed by atoms with van der Waals surface area (Å²) in [4.78, 5) is 12.4. The molecule has 0 bridgehead atoms.